The van der Waals surface area contributed by atoms with Crippen molar-refractivity contribution in [3.05, 3.63) is 53.1 Å². The fourth-order valence-corrected chi connectivity index (χ4v) is 3.24. The van der Waals surface area contributed by atoms with Gasteiger partial charge in [0.1, 0.15) is 18.3 Å². The SMILES string of the molecule is CC1(C)CCC(=Cc2ccc(Cl)cc2)[C@@]1(O)Cn1cncn1. The molecule has 116 valence electrons. The maximum absolute atomic E-state index is 11.4. The van der Waals surface area contributed by atoms with Gasteiger partial charge in [0.2, 0.25) is 0 Å². The number of rotatable bonds is 3. The Bertz CT molecular complexity index is 676. The second kappa shape index (κ2) is 5.52. The summed E-state index contributed by atoms with van der Waals surface area (Å²) in [5.41, 5.74) is 0.946. The first kappa shape index (κ1) is 15.3. The second-order valence-corrected chi connectivity index (χ2v) is 6.99. The highest BCUT2D eigenvalue weighted by Gasteiger charge is 2.51. The van der Waals surface area contributed by atoms with Gasteiger partial charge in [-0.2, -0.15) is 5.10 Å². The van der Waals surface area contributed by atoms with Crippen LogP contribution in [0.5, 0.6) is 0 Å². The van der Waals surface area contributed by atoms with E-state index in [2.05, 4.69) is 30.0 Å². The molecule has 3 rings (SSSR count). The Morgan fingerprint density at radius 3 is 2.68 bits per heavy atom. The molecule has 0 amide bonds. The van der Waals surface area contributed by atoms with Crippen LogP contribution in [-0.4, -0.2) is 25.5 Å². The lowest BCUT2D eigenvalue weighted by Gasteiger charge is -2.37. The zero-order valence-electron chi connectivity index (χ0n) is 12.8. The zero-order chi connectivity index (χ0) is 15.8. The second-order valence-electron chi connectivity index (χ2n) is 6.56. The van der Waals surface area contributed by atoms with Crippen LogP contribution in [0.2, 0.25) is 5.02 Å². The summed E-state index contributed by atoms with van der Waals surface area (Å²) in [6, 6.07) is 7.67. The molecule has 0 aliphatic heterocycles. The molecule has 0 saturated heterocycles. The van der Waals surface area contributed by atoms with Crippen LogP contribution in [0.15, 0.2) is 42.5 Å². The van der Waals surface area contributed by atoms with Gasteiger partial charge in [0.25, 0.3) is 0 Å². The number of nitrogens with zero attached hydrogens (tertiary/aromatic N) is 3. The van der Waals surface area contributed by atoms with Crippen molar-refractivity contribution in [1.82, 2.24) is 14.8 Å². The molecule has 0 spiro atoms. The van der Waals surface area contributed by atoms with Gasteiger partial charge in [-0.1, -0.05) is 43.7 Å². The maximum Gasteiger partial charge on any atom is 0.137 e. The van der Waals surface area contributed by atoms with E-state index in [1.807, 2.05) is 24.3 Å². The van der Waals surface area contributed by atoms with Gasteiger partial charge in [-0.05, 0) is 41.5 Å². The summed E-state index contributed by atoms with van der Waals surface area (Å²) in [6.07, 6.45) is 7.03. The molecule has 1 atom stereocenters. The Kier molecular flexibility index (Phi) is 3.83. The van der Waals surface area contributed by atoms with E-state index in [9.17, 15) is 5.11 Å². The van der Waals surface area contributed by atoms with Gasteiger partial charge in [0.15, 0.2) is 0 Å². The van der Waals surface area contributed by atoms with Crippen molar-refractivity contribution in [3.8, 4) is 0 Å². The molecule has 0 unspecified atom stereocenters. The molecule has 1 saturated carbocycles. The molecule has 22 heavy (non-hydrogen) atoms. The van der Waals surface area contributed by atoms with Gasteiger partial charge in [-0.3, -0.25) is 0 Å². The first-order valence-corrected chi connectivity index (χ1v) is 7.80. The Balaban J connectivity index is 1.97. The van der Waals surface area contributed by atoms with Crippen LogP contribution in [0.1, 0.15) is 32.3 Å². The van der Waals surface area contributed by atoms with Crippen LogP contribution < -0.4 is 0 Å². The summed E-state index contributed by atoms with van der Waals surface area (Å²) in [7, 11) is 0. The molecular weight excluding hydrogens is 298 g/mol. The normalized spacial score (nSPS) is 25.7. The molecule has 1 aromatic carbocycles. The van der Waals surface area contributed by atoms with E-state index >= 15 is 0 Å². The topological polar surface area (TPSA) is 50.9 Å². The van der Waals surface area contributed by atoms with E-state index in [0.29, 0.717) is 11.6 Å². The quantitative estimate of drug-likeness (QED) is 0.941. The highest BCUT2D eigenvalue weighted by atomic mass is 35.5. The third kappa shape index (κ3) is 2.69. The van der Waals surface area contributed by atoms with Crippen LogP contribution in [-0.2, 0) is 6.54 Å². The number of aromatic nitrogens is 3. The van der Waals surface area contributed by atoms with Crippen molar-refractivity contribution < 1.29 is 5.11 Å². The predicted molar refractivity (Wildman–Crippen MR) is 87.4 cm³/mol. The lowest BCUT2D eigenvalue weighted by molar-refractivity contribution is -0.0298. The summed E-state index contributed by atoms with van der Waals surface area (Å²) >= 11 is 5.94. The molecule has 5 heteroatoms. The van der Waals surface area contributed by atoms with E-state index in [1.54, 1.807) is 11.0 Å². The third-order valence-corrected chi connectivity index (χ3v) is 4.99. The molecule has 2 aromatic rings. The van der Waals surface area contributed by atoms with Crippen molar-refractivity contribution in [2.24, 2.45) is 5.41 Å². The van der Waals surface area contributed by atoms with Gasteiger partial charge in [-0.25, -0.2) is 9.67 Å². The first-order chi connectivity index (χ1) is 10.4. The van der Waals surface area contributed by atoms with Gasteiger partial charge < -0.3 is 5.11 Å². The lowest BCUT2D eigenvalue weighted by Crippen LogP contribution is -2.45. The summed E-state index contributed by atoms with van der Waals surface area (Å²) in [5, 5.41) is 16.2. The molecule has 1 fully saturated rings. The number of aliphatic hydroxyl groups is 1. The monoisotopic (exact) mass is 317 g/mol. The molecule has 1 aliphatic carbocycles. The zero-order valence-corrected chi connectivity index (χ0v) is 13.6. The maximum atomic E-state index is 11.4. The highest BCUT2D eigenvalue weighted by Crippen LogP contribution is 2.50. The van der Waals surface area contributed by atoms with Crippen molar-refractivity contribution in [2.45, 2.75) is 38.8 Å². The van der Waals surface area contributed by atoms with E-state index in [0.717, 1.165) is 24.0 Å². The fourth-order valence-electron chi connectivity index (χ4n) is 3.11. The van der Waals surface area contributed by atoms with Gasteiger partial charge in [0, 0.05) is 5.02 Å². The highest BCUT2D eigenvalue weighted by molar-refractivity contribution is 6.30. The van der Waals surface area contributed by atoms with Crippen molar-refractivity contribution in [1.29, 1.82) is 0 Å². The molecule has 1 aromatic heterocycles. The summed E-state index contributed by atoms with van der Waals surface area (Å²) in [4.78, 5) is 3.97. The number of halogens is 1. The van der Waals surface area contributed by atoms with Gasteiger partial charge in [0.05, 0.1) is 6.54 Å². The average molecular weight is 318 g/mol. The molecular formula is C17H20ClN3O. The van der Waals surface area contributed by atoms with Crippen LogP contribution in [0.3, 0.4) is 0 Å². The van der Waals surface area contributed by atoms with Crippen molar-refractivity contribution in [3.63, 3.8) is 0 Å². The van der Waals surface area contributed by atoms with E-state index in [1.165, 1.54) is 6.33 Å². The molecule has 1 aliphatic rings. The molecule has 0 radical (unpaired) electrons. The Morgan fingerprint density at radius 2 is 2.05 bits per heavy atom. The standard InChI is InChI=1S/C17H20ClN3O/c1-16(2)8-7-14(9-13-3-5-15(18)6-4-13)17(16,22)10-21-12-19-11-20-21/h3-6,9,11-12,22H,7-8,10H2,1-2H3/t17-/m0/s1. The third-order valence-electron chi connectivity index (χ3n) is 4.74. The first-order valence-electron chi connectivity index (χ1n) is 7.42. The van der Waals surface area contributed by atoms with Crippen molar-refractivity contribution >= 4 is 17.7 Å². The van der Waals surface area contributed by atoms with E-state index in [4.69, 9.17) is 11.6 Å². The minimum Gasteiger partial charge on any atom is -0.383 e. The summed E-state index contributed by atoms with van der Waals surface area (Å²) < 4.78 is 1.70. The van der Waals surface area contributed by atoms with Crippen molar-refractivity contribution in [2.75, 3.05) is 0 Å². The number of benzene rings is 1. The van der Waals surface area contributed by atoms with E-state index < -0.39 is 5.60 Å². The van der Waals surface area contributed by atoms with Gasteiger partial charge in [-0.15, -0.1) is 0 Å². The minimum absolute atomic E-state index is 0.211. The smallest absolute Gasteiger partial charge is 0.137 e. The van der Waals surface area contributed by atoms with Crippen LogP contribution >= 0.6 is 11.6 Å². The molecule has 4 nitrogen and oxygen atoms in total. The summed E-state index contributed by atoms with van der Waals surface area (Å²) in [5.74, 6) is 0. The van der Waals surface area contributed by atoms with Crippen LogP contribution in [0.4, 0.5) is 0 Å². The number of hydrogen-bond acceptors (Lipinski definition) is 3. The van der Waals surface area contributed by atoms with Crippen LogP contribution in [0, 0.1) is 5.41 Å². The van der Waals surface area contributed by atoms with E-state index in [-0.39, 0.29) is 5.41 Å². The number of hydrogen-bond donors (Lipinski definition) is 1. The predicted octanol–water partition coefficient (Wildman–Crippen LogP) is 3.57. The molecule has 1 heterocycles. The Hall–Kier alpha value is -1.65. The Morgan fingerprint density at radius 1 is 1.32 bits per heavy atom. The Labute approximate surface area is 135 Å². The molecule has 0 bridgehead atoms. The summed E-state index contributed by atoms with van der Waals surface area (Å²) in [6.45, 7) is 4.62. The lowest BCUT2D eigenvalue weighted by atomic mass is 9.76. The van der Waals surface area contributed by atoms with Crippen LogP contribution in [0.25, 0.3) is 6.08 Å². The minimum atomic E-state index is -0.930. The fraction of sp³-hybridized carbons (Fsp3) is 0.412. The average Bonchev–Trinajstić information content (AvgIpc) is 3.04. The van der Waals surface area contributed by atoms with Gasteiger partial charge >= 0.3 is 0 Å². The largest absolute Gasteiger partial charge is 0.383 e. The molecule has 1 N–H and O–H groups in total.